The highest BCUT2D eigenvalue weighted by Crippen LogP contribution is 2.33. The second-order valence-corrected chi connectivity index (χ2v) is 7.35. The number of hydrogen-bond acceptors (Lipinski definition) is 2. The summed E-state index contributed by atoms with van der Waals surface area (Å²) in [6, 6.07) is 21.2. The maximum absolute atomic E-state index is 12.8. The molecule has 3 heteroatoms. The van der Waals surface area contributed by atoms with Gasteiger partial charge in [0.2, 0.25) is 5.91 Å². The lowest BCUT2D eigenvalue weighted by atomic mass is 9.84. The van der Waals surface area contributed by atoms with E-state index in [1.165, 1.54) is 22.3 Å². The molecular weight excluding hydrogens is 326 g/mol. The molecule has 2 aromatic carbocycles. The maximum Gasteiger partial charge on any atom is 0.223 e. The minimum Gasteiger partial charge on any atom is -0.337 e. The largest absolute Gasteiger partial charge is 0.337 e. The predicted molar refractivity (Wildman–Crippen MR) is 103 cm³/mol. The molecule has 1 aromatic heterocycles. The Morgan fingerprint density at radius 2 is 1.84 bits per heavy atom. The number of nitrogens with zero attached hydrogens (tertiary/aromatic N) is 1. The molecule has 0 N–H and O–H groups in total. The number of carbonyl (C=O) groups is 1. The first-order chi connectivity index (χ1) is 12.3. The average molecular weight is 347 g/mol. The molecule has 0 radical (unpaired) electrons. The quantitative estimate of drug-likeness (QED) is 0.660. The highest BCUT2D eigenvalue weighted by molar-refractivity contribution is 7.07. The van der Waals surface area contributed by atoms with Gasteiger partial charge in [-0.2, -0.15) is 11.3 Å². The van der Waals surface area contributed by atoms with E-state index < -0.39 is 0 Å². The zero-order chi connectivity index (χ0) is 17.1. The van der Waals surface area contributed by atoms with E-state index in [2.05, 4.69) is 65.4 Å². The third kappa shape index (κ3) is 3.52. The average Bonchev–Trinajstić information content (AvgIpc) is 3.19. The van der Waals surface area contributed by atoms with Gasteiger partial charge in [-0.25, -0.2) is 0 Å². The highest BCUT2D eigenvalue weighted by Gasteiger charge is 2.28. The molecule has 0 saturated carbocycles. The van der Waals surface area contributed by atoms with E-state index in [0.29, 0.717) is 6.42 Å². The van der Waals surface area contributed by atoms with Gasteiger partial charge in [-0.05, 0) is 45.5 Å². The van der Waals surface area contributed by atoms with Crippen molar-refractivity contribution in [2.24, 2.45) is 0 Å². The third-order valence-electron chi connectivity index (χ3n) is 4.96. The fraction of sp³-hybridized carbons (Fsp3) is 0.227. The van der Waals surface area contributed by atoms with E-state index in [9.17, 15) is 4.79 Å². The van der Waals surface area contributed by atoms with Crippen LogP contribution in [0.3, 0.4) is 0 Å². The number of fused-ring (bicyclic) bond motifs is 1. The lowest BCUT2D eigenvalue weighted by Crippen LogP contribution is -2.38. The smallest absolute Gasteiger partial charge is 0.223 e. The maximum atomic E-state index is 12.8. The summed E-state index contributed by atoms with van der Waals surface area (Å²) >= 11 is 1.69. The Kier molecular flexibility index (Phi) is 4.66. The summed E-state index contributed by atoms with van der Waals surface area (Å²) in [4.78, 5) is 14.8. The van der Waals surface area contributed by atoms with E-state index in [1.807, 2.05) is 11.0 Å². The van der Waals surface area contributed by atoms with Crippen LogP contribution in [-0.4, -0.2) is 17.4 Å². The standard InChI is InChI=1S/C22H21NOS/c24-22(11-10-17-12-13-25-16-17)23-14-19-8-4-5-9-20(19)21(15-23)18-6-2-1-3-7-18/h1-9,12-13,16,21H,10-11,14-15H2/t21-/m0/s1. The molecule has 1 atom stereocenters. The molecule has 126 valence electrons. The van der Waals surface area contributed by atoms with Crippen LogP contribution in [0.5, 0.6) is 0 Å². The molecule has 1 amide bonds. The molecule has 2 heterocycles. The minimum absolute atomic E-state index is 0.252. The zero-order valence-corrected chi connectivity index (χ0v) is 14.9. The normalized spacial score (nSPS) is 16.5. The summed E-state index contributed by atoms with van der Waals surface area (Å²) in [6.45, 7) is 1.49. The van der Waals surface area contributed by atoms with Crippen molar-refractivity contribution in [2.75, 3.05) is 6.54 Å². The topological polar surface area (TPSA) is 20.3 Å². The van der Waals surface area contributed by atoms with Crippen molar-refractivity contribution in [1.82, 2.24) is 4.90 Å². The molecule has 4 rings (SSSR count). The van der Waals surface area contributed by atoms with Crippen LogP contribution in [0, 0.1) is 0 Å². The molecule has 1 aliphatic heterocycles. The van der Waals surface area contributed by atoms with Crippen molar-refractivity contribution in [1.29, 1.82) is 0 Å². The van der Waals surface area contributed by atoms with Gasteiger partial charge in [0.15, 0.2) is 0 Å². The van der Waals surface area contributed by atoms with Crippen molar-refractivity contribution >= 4 is 17.2 Å². The molecule has 3 aromatic rings. The zero-order valence-electron chi connectivity index (χ0n) is 14.1. The van der Waals surface area contributed by atoms with Gasteiger partial charge in [-0.15, -0.1) is 0 Å². The van der Waals surface area contributed by atoms with E-state index in [1.54, 1.807) is 11.3 Å². The Labute approximate surface area is 152 Å². The van der Waals surface area contributed by atoms with Crippen molar-refractivity contribution in [2.45, 2.75) is 25.3 Å². The van der Waals surface area contributed by atoms with E-state index in [-0.39, 0.29) is 11.8 Å². The summed E-state index contributed by atoms with van der Waals surface area (Å²) in [5.41, 5.74) is 5.17. The summed E-state index contributed by atoms with van der Waals surface area (Å²) in [5, 5.41) is 4.20. The van der Waals surface area contributed by atoms with E-state index in [4.69, 9.17) is 0 Å². The minimum atomic E-state index is 0.252. The number of benzene rings is 2. The summed E-state index contributed by atoms with van der Waals surface area (Å²) in [5.74, 6) is 0.512. The van der Waals surface area contributed by atoms with E-state index in [0.717, 1.165) is 19.5 Å². The van der Waals surface area contributed by atoms with Crippen LogP contribution in [-0.2, 0) is 17.8 Å². The van der Waals surface area contributed by atoms with Gasteiger partial charge >= 0.3 is 0 Å². The first-order valence-electron chi connectivity index (χ1n) is 8.73. The molecule has 0 spiro atoms. The lowest BCUT2D eigenvalue weighted by Gasteiger charge is -2.35. The van der Waals surface area contributed by atoms with Crippen molar-refractivity contribution < 1.29 is 4.79 Å². The summed E-state index contributed by atoms with van der Waals surface area (Å²) in [6.07, 6.45) is 1.41. The highest BCUT2D eigenvalue weighted by atomic mass is 32.1. The van der Waals surface area contributed by atoms with Gasteiger partial charge in [0, 0.05) is 25.4 Å². The van der Waals surface area contributed by atoms with Crippen molar-refractivity contribution in [3.05, 3.63) is 93.7 Å². The molecule has 0 bridgehead atoms. The molecule has 1 aliphatic rings. The fourth-order valence-electron chi connectivity index (χ4n) is 3.61. The van der Waals surface area contributed by atoms with Crippen LogP contribution in [0.15, 0.2) is 71.4 Å². The predicted octanol–water partition coefficient (Wildman–Crippen LogP) is 4.86. The van der Waals surface area contributed by atoms with Crippen LogP contribution in [0.4, 0.5) is 0 Å². The third-order valence-corrected chi connectivity index (χ3v) is 5.69. The molecule has 0 fully saturated rings. The van der Waals surface area contributed by atoms with Crippen LogP contribution < -0.4 is 0 Å². The first kappa shape index (κ1) is 16.1. The van der Waals surface area contributed by atoms with Crippen LogP contribution in [0.1, 0.15) is 34.6 Å². The Balaban J connectivity index is 1.56. The van der Waals surface area contributed by atoms with Gasteiger partial charge in [0.05, 0.1) is 0 Å². The van der Waals surface area contributed by atoms with Gasteiger partial charge in [-0.1, -0.05) is 54.6 Å². The Hall–Kier alpha value is -2.39. The molecule has 0 saturated heterocycles. The second kappa shape index (κ2) is 7.24. The molecular formula is C22H21NOS. The summed E-state index contributed by atoms with van der Waals surface area (Å²) in [7, 11) is 0. The number of hydrogen-bond donors (Lipinski definition) is 0. The van der Waals surface area contributed by atoms with Gasteiger partial charge in [0.1, 0.15) is 0 Å². The summed E-state index contributed by atoms with van der Waals surface area (Å²) < 4.78 is 0. The first-order valence-corrected chi connectivity index (χ1v) is 9.67. The van der Waals surface area contributed by atoms with E-state index >= 15 is 0 Å². The molecule has 0 aliphatic carbocycles. The Bertz CT molecular complexity index is 841. The number of aryl methyl sites for hydroxylation is 1. The molecule has 0 unspecified atom stereocenters. The van der Waals surface area contributed by atoms with Crippen molar-refractivity contribution in [3.63, 3.8) is 0 Å². The van der Waals surface area contributed by atoms with Gasteiger partial charge in [0.25, 0.3) is 0 Å². The fourth-order valence-corrected chi connectivity index (χ4v) is 4.31. The number of carbonyl (C=O) groups excluding carboxylic acids is 1. The molecule has 25 heavy (non-hydrogen) atoms. The monoisotopic (exact) mass is 347 g/mol. The number of thiophene rings is 1. The SMILES string of the molecule is O=C(CCc1ccsc1)N1Cc2ccccc2[C@H](c2ccccc2)C1. The van der Waals surface area contributed by atoms with Crippen LogP contribution in [0.25, 0.3) is 0 Å². The number of rotatable bonds is 4. The Morgan fingerprint density at radius 3 is 2.64 bits per heavy atom. The van der Waals surface area contributed by atoms with Gasteiger partial charge in [-0.3, -0.25) is 4.79 Å². The number of amides is 1. The lowest BCUT2D eigenvalue weighted by molar-refractivity contribution is -0.132. The van der Waals surface area contributed by atoms with Crippen molar-refractivity contribution in [3.8, 4) is 0 Å². The second-order valence-electron chi connectivity index (χ2n) is 6.57. The van der Waals surface area contributed by atoms with Crippen LogP contribution in [0.2, 0.25) is 0 Å². The van der Waals surface area contributed by atoms with Crippen LogP contribution >= 0.6 is 11.3 Å². The van der Waals surface area contributed by atoms with Gasteiger partial charge < -0.3 is 4.90 Å². The Morgan fingerprint density at radius 1 is 1.04 bits per heavy atom. The molecule has 2 nitrogen and oxygen atoms in total.